The summed E-state index contributed by atoms with van der Waals surface area (Å²) in [6.07, 6.45) is 6.60. The number of aromatic nitrogens is 4. The van der Waals surface area contributed by atoms with E-state index in [2.05, 4.69) is 55.0 Å². The number of fused-ring (bicyclic) bond motifs is 2. The van der Waals surface area contributed by atoms with Crippen LogP contribution < -0.4 is 14.5 Å². The fourth-order valence-electron chi connectivity index (χ4n) is 6.25. The molecule has 208 valence electrons. The highest BCUT2D eigenvalue weighted by molar-refractivity contribution is 7.84. The van der Waals surface area contributed by atoms with Crippen LogP contribution in [0.15, 0.2) is 42.7 Å². The first-order valence-corrected chi connectivity index (χ1v) is 15.0. The molecule has 11 heteroatoms. The second-order valence-electron chi connectivity index (χ2n) is 11.9. The van der Waals surface area contributed by atoms with Gasteiger partial charge in [0, 0.05) is 32.2 Å². The fourth-order valence-corrected chi connectivity index (χ4v) is 7.19. The third kappa shape index (κ3) is 4.59. The summed E-state index contributed by atoms with van der Waals surface area (Å²) in [6.45, 7) is 8.69. The van der Waals surface area contributed by atoms with Gasteiger partial charge in [-0.15, -0.1) is 0 Å². The zero-order valence-corrected chi connectivity index (χ0v) is 23.9. The van der Waals surface area contributed by atoms with Gasteiger partial charge in [-0.2, -0.15) is 10.4 Å². The Morgan fingerprint density at radius 1 is 1.15 bits per heavy atom. The number of benzene rings is 1. The number of aryl methyl sites for hydroxylation is 1. The quantitative estimate of drug-likeness (QED) is 0.520. The van der Waals surface area contributed by atoms with Crippen LogP contribution >= 0.6 is 0 Å². The summed E-state index contributed by atoms with van der Waals surface area (Å²) in [5, 5.41) is 14.2. The first-order chi connectivity index (χ1) is 19.2. The second-order valence-corrected chi connectivity index (χ2v) is 13.9. The van der Waals surface area contributed by atoms with Crippen molar-refractivity contribution in [2.75, 3.05) is 29.4 Å². The molecule has 10 nitrogen and oxygen atoms in total. The second kappa shape index (κ2) is 10.1. The van der Waals surface area contributed by atoms with Crippen molar-refractivity contribution in [1.82, 2.24) is 24.5 Å². The predicted octanol–water partition coefficient (Wildman–Crippen LogP) is 3.53. The molecule has 1 N–H and O–H groups in total. The monoisotopic (exact) mass is 558 g/mol. The zero-order valence-electron chi connectivity index (χ0n) is 23.1. The number of carbonyl (C=O) groups is 1. The van der Waals surface area contributed by atoms with Crippen molar-refractivity contribution in [1.29, 1.82) is 5.26 Å². The van der Waals surface area contributed by atoms with E-state index in [1.165, 1.54) is 17.3 Å². The number of nitriles is 1. The molecular formula is C29H34N8O2S. The standard InChI is InChI=1S/C29H34N8O2S/c1-28(2,3)40(39)34-25-21-8-5-4-7-20(21)17-29(25)10-15-35(16-11-29)26-22(18-30)33-23(19-31-26)27(38)36-13-6-14-37-24(36)9-12-32-37/h4-5,7-9,12,19,25,34H,6,10-11,13-17H2,1-3H3/t25?,40-/m1/s1. The summed E-state index contributed by atoms with van der Waals surface area (Å²) in [5.74, 6) is 0.963. The van der Waals surface area contributed by atoms with E-state index in [1.807, 2.05) is 26.8 Å². The van der Waals surface area contributed by atoms with Gasteiger partial charge in [-0.3, -0.25) is 9.69 Å². The van der Waals surface area contributed by atoms with E-state index in [-0.39, 0.29) is 33.5 Å². The molecule has 0 bridgehead atoms. The number of hydrogen-bond donors (Lipinski definition) is 1. The van der Waals surface area contributed by atoms with Gasteiger partial charge in [0.15, 0.2) is 11.5 Å². The summed E-state index contributed by atoms with van der Waals surface area (Å²) in [6, 6.07) is 12.4. The maximum atomic E-state index is 13.3. The molecule has 3 aromatic rings. The van der Waals surface area contributed by atoms with Gasteiger partial charge in [-0.1, -0.05) is 24.3 Å². The molecule has 1 fully saturated rings. The van der Waals surface area contributed by atoms with Gasteiger partial charge >= 0.3 is 0 Å². The number of rotatable bonds is 4. The minimum absolute atomic E-state index is 0.00888. The summed E-state index contributed by atoms with van der Waals surface area (Å²) in [4.78, 5) is 26.1. The average Bonchev–Trinajstić information content (AvgIpc) is 3.55. The van der Waals surface area contributed by atoms with Gasteiger partial charge in [0.2, 0.25) is 0 Å². The zero-order chi connectivity index (χ0) is 28.1. The van der Waals surface area contributed by atoms with Crippen LogP contribution in [-0.4, -0.2) is 54.2 Å². The molecule has 2 aliphatic heterocycles. The Hall–Kier alpha value is -3.62. The third-order valence-corrected chi connectivity index (χ3v) is 9.97. The molecule has 40 heavy (non-hydrogen) atoms. The predicted molar refractivity (Wildman–Crippen MR) is 153 cm³/mol. The average molecular weight is 559 g/mol. The van der Waals surface area contributed by atoms with E-state index >= 15 is 0 Å². The SMILES string of the molecule is CC(C)(C)[S@@](=O)NC1c2ccccc2CC12CCN(c1ncc(C(=O)N3CCCn4nccc43)nc1C#N)CC2. The van der Waals surface area contributed by atoms with Crippen LogP contribution in [0.3, 0.4) is 0 Å². The molecular weight excluding hydrogens is 524 g/mol. The van der Waals surface area contributed by atoms with E-state index in [9.17, 15) is 14.3 Å². The Kier molecular flexibility index (Phi) is 6.71. The molecule has 6 rings (SSSR count). The van der Waals surface area contributed by atoms with Crippen molar-refractivity contribution < 1.29 is 9.00 Å². The van der Waals surface area contributed by atoms with Crippen molar-refractivity contribution in [2.45, 2.75) is 63.8 Å². The number of nitrogens with zero attached hydrogens (tertiary/aromatic N) is 7. The van der Waals surface area contributed by atoms with E-state index in [4.69, 9.17) is 0 Å². The molecule has 2 aromatic heterocycles. The lowest BCUT2D eigenvalue weighted by Crippen LogP contribution is -2.48. The van der Waals surface area contributed by atoms with Crippen molar-refractivity contribution in [2.24, 2.45) is 5.41 Å². The van der Waals surface area contributed by atoms with Gasteiger partial charge in [0.25, 0.3) is 5.91 Å². The number of amides is 1. The Labute approximate surface area is 237 Å². The third-order valence-electron chi connectivity index (χ3n) is 8.41. The smallest absolute Gasteiger partial charge is 0.279 e. The van der Waals surface area contributed by atoms with Crippen LogP contribution in [0.1, 0.15) is 73.4 Å². The lowest BCUT2D eigenvalue weighted by molar-refractivity contribution is 0.0976. The largest absolute Gasteiger partial charge is 0.354 e. The van der Waals surface area contributed by atoms with E-state index in [0.29, 0.717) is 25.5 Å². The summed E-state index contributed by atoms with van der Waals surface area (Å²) >= 11 is 0. The van der Waals surface area contributed by atoms with Gasteiger partial charge in [0.05, 0.1) is 34.2 Å². The normalized spacial score (nSPS) is 20.6. The topological polar surface area (TPSA) is 120 Å². The molecule has 1 amide bonds. The highest BCUT2D eigenvalue weighted by Crippen LogP contribution is 2.52. The van der Waals surface area contributed by atoms with E-state index in [1.54, 1.807) is 15.8 Å². The Bertz CT molecular complexity index is 1510. The van der Waals surface area contributed by atoms with Gasteiger partial charge in [-0.25, -0.2) is 23.6 Å². The highest BCUT2D eigenvalue weighted by Gasteiger charge is 2.49. The minimum atomic E-state index is -1.20. The Morgan fingerprint density at radius 3 is 2.67 bits per heavy atom. The molecule has 1 spiro atoms. The van der Waals surface area contributed by atoms with Crippen molar-refractivity contribution in [3.63, 3.8) is 0 Å². The van der Waals surface area contributed by atoms with Crippen LogP contribution in [0.5, 0.6) is 0 Å². The molecule has 0 radical (unpaired) electrons. The summed E-state index contributed by atoms with van der Waals surface area (Å²) in [5.41, 5.74) is 2.77. The van der Waals surface area contributed by atoms with E-state index < -0.39 is 11.0 Å². The maximum Gasteiger partial charge on any atom is 0.279 e. The number of anilines is 2. The molecule has 4 heterocycles. The first kappa shape index (κ1) is 26.6. The van der Waals surface area contributed by atoms with Crippen molar-refractivity contribution in [3.05, 3.63) is 65.2 Å². The number of nitrogens with one attached hydrogen (secondary N) is 1. The molecule has 1 unspecified atom stereocenters. The molecule has 1 aromatic carbocycles. The molecule has 1 aliphatic carbocycles. The molecule has 0 saturated carbocycles. The lowest BCUT2D eigenvalue weighted by atomic mass is 9.73. The van der Waals surface area contributed by atoms with Gasteiger partial charge in [0.1, 0.15) is 17.6 Å². The van der Waals surface area contributed by atoms with E-state index in [0.717, 1.165) is 38.0 Å². The lowest BCUT2D eigenvalue weighted by Gasteiger charge is -2.44. The molecule has 3 aliphatic rings. The summed E-state index contributed by atoms with van der Waals surface area (Å²) in [7, 11) is -1.20. The van der Waals surface area contributed by atoms with Crippen molar-refractivity contribution in [3.8, 4) is 6.07 Å². The fraction of sp³-hybridized carbons (Fsp3) is 0.483. The van der Waals surface area contributed by atoms with Crippen LogP contribution in [0, 0.1) is 16.7 Å². The number of piperidine rings is 1. The van der Waals surface area contributed by atoms with Crippen LogP contribution in [-0.2, 0) is 24.0 Å². The summed E-state index contributed by atoms with van der Waals surface area (Å²) < 4.78 is 18.1. The first-order valence-electron chi connectivity index (χ1n) is 13.8. The van der Waals surface area contributed by atoms with Gasteiger partial charge < -0.3 is 4.90 Å². The Balaban J connectivity index is 1.22. The number of carbonyl (C=O) groups excluding carboxylic acids is 1. The van der Waals surface area contributed by atoms with Gasteiger partial charge in [-0.05, 0) is 63.0 Å². The Morgan fingerprint density at radius 2 is 1.93 bits per heavy atom. The van der Waals surface area contributed by atoms with Crippen molar-refractivity contribution >= 4 is 28.5 Å². The minimum Gasteiger partial charge on any atom is -0.354 e. The van der Waals surface area contributed by atoms with Crippen LogP contribution in [0.4, 0.5) is 11.6 Å². The van der Waals surface area contributed by atoms with Crippen LogP contribution in [0.2, 0.25) is 0 Å². The molecule has 1 saturated heterocycles. The van der Waals surface area contributed by atoms with Crippen LogP contribution in [0.25, 0.3) is 0 Å². The maximum absolute atomic E-state index is 13.3. The highest BCUT2D eigenvalue weighted by atomic mass is 32.2. The molecule has 2 atom stereocenters. The number of hydrogen-bond acceptors (Lipinski definition) is 7.